The maximum absolute atomic E-state index is 15.5. The van der Waals surface area contributed by atoms with Crippen molar-refractivity contribution in [3.63, 3.8) is 0 Å². The van der Waals surface area contributed by atoms with Crippen molar-refractivity contribution in [2.45, 2.75) is 134 Å². The second-order valence-electron chi connectivity index (χ2n) is 21.9. The molecule has 1 spiro atoms. The zero-order chi connectivity index (χ0) is 49.7. The van der Waals surface area contributed by atoms with E-state index in [-0.39, 0.29) is 53.2 Å². The molecule has 11 rings (SSSR count). The predicted octanol–water partition coefficient (Wildman–Crippen LogP) is 9.02. The predicted molar refractivity (Wildman–Crippen MR) is 287 cm³/mol. The molecule has 9 N–H and O–H groups in total. The van der Waals surface area contributed by atoms with Gasteiger partial charge in [0.2, 0.25) is 0 Å². The SMILES string of the molecule is CC#Cc1ccc(-c2ccc(C(=O)C3CCC4CC35CC(C(O)CO)C(C5)C3C#Cc5c(cc(O)c6c5NC(C=C6)C(C)(O)Cc5cccc(c5Cc5cnc[nH]5)C3)CC4N=C(N)NC3CCCCC3)s2)s1. The molecule has 3 fully saturated rings. The third kappa shape index (κ3) is 9.44. The lowest BCUT2D eigenvalue weighted by Crippen LogP contribution is -2.46. The zero-order valence-corrected chi connectivity index (χ0v) is 42.8. The van der Waals surface area contributed by atoms with Crippen LogP contribution in [0.1, 0.15) is 132 Å². The Morgan fingerprint density at radius 1 is 1.03 bits per heavy atom. The van der Waals surface area contributed by atoms with Gasteiger partial charge in [-0.3, -0.25) is 4.79 Å². The lowest BCUT2D eigenvalue weighted by molar-refractivity contribution is 0.0139. The Hall–Kier alpha value is -5.67. The molecule has 11 nitrogen and oxygen atoms in total. The van der Waals surface area contributed by atoms with E-state index in [1.54, 1.807) is 29.0 Å². The zero-order valence-electron chi connectivity index (χ0n) is 41.2. The monoisotopic (exact) mass is 1000 g/mol. The second-order valence-corrected chi connectivity index (χ2v) is 24.1. The number of nitrogens with one attached hydrogen (secondary N) is 3. The van der Waals surface area contributed by atoms with Gasteiger partial charge in [0, 0.05) is 57.9 Å². The van der Waals surface area contributed by atoms with Gasteiger partial charge in [0.15, 0.2) is 11.7 Å². The van der Waals surface area contributed by atoms with Crippen LogP contribution in [-0.2, 0) is 25.7 Å². The van der Waals surface area contributed by atoms with Gasteiger partial charge in [-0.25, -0.2) is 9.98 Å². The first-order valence-electron chi connectivity index (χ1n) is 26.1. The lowest BCUT2D eigenvalue weighted by Gasteiger charge is -2.46. The molecule has 5 heterocycles. The van der Waals surface area contributed by atoms with Crippen molar-refractivity contribution in [1.29, 1.82) is 0 Å². The summed E-state index contributed by atoms with van der Waals surface area (Å²) in [6, 6.07) is 15.8. The molecule has 5 aromatic rings. The molecule has 2 aliphatic heterocycles. The molecular formula is C59H66N6O5S2. The van der Waals surface area contributed by atoms with Gasteiger partial charge in [0.25, 0.3) is 0 Å². The van der Waals surface area contributed by atoms with E-state index in [1.165, 1.54) is 6.42 Å². The molecule has 13 heteroatoms. The van der Waals surface area contributed by atoms with Crippen LogP contribution in [0.3, 0.4) is 0 Å². The Labute approximate surface area is 430 Å². The number of imidazole rings is 1. The number of anilines is 1. The van der Waals surface area contributed by atoms with Crippen LogP contribution in [0.4, 0.5) is 5.69 Å². The molecule has 10 atom stereocenters. The number of nitrogens with two attached hydrogens (primary N) is 1. The Morgan fingerprint density at radius 2 is 1.85 bits per heavy atom. The highest BCUT2D eigenvalue weighted by atomic mass is 32.1. The first-order chi connectivity index (χ1) is 34.9. The van der Waals surface area contributed by atoms with Crippen LogP contribution in [-0.4, -0.2) is 78.6 Å². The maximum atomic E-state index is 15.5. The summed E-state index contributed by atoms with van der Waals surface area (Å²) < 4.78 is 0. The number of fused-ring (bicyclic) bond motifs is 7. The van der Waals surface area contributed by atoms with E-state index in [4.69, 9.17) is 10.7 Å². The minimum atomic E-state index is -1.26. The summed E-state index contributed by atoms with van der Waals surface area (Å²) in [5.41, 5.74) is 12.2. The van der Waals surface area contributed by atoms with Crippen molar-refractivity contribution in [3.8, 4) is 39.2 Å². The van der Waals surface area contributed by atoms with Gasteiger partial charge >= 0.3 is 0 Å². The lowest BCUT2D eigenvalue weighted by atomic mass is 9.58. The molecule has 0 radical (unpaired) electrons. The van der Waals surface area contributed by atoms with Crippen molar-refractivity contribution >= 4 is 46.2 Å². The van der Waals surface area contributed by atoms with Crippen molar-refractivity contribution in [1.82, 2.24) is 15.3 Å². The second kappa shape index (κ2) is 20.0. The van der Waals surface area contributed by atoms with Gasteiger partial charge < -0.3 is 41.8 Å². The van der Waals surface area contributed by atoms with Gasteiger partial charge in [-0.1, -0.05) is 67.4 Å². The third-order valence-electron chi connectivity index (χ3n) is 17.3. The Kier molecular flexibility index (Phi) is 13.5. The number of phenolic OH excluding ortho intramolecular Hbond substituents is 1. The number of hydrogen-bond donors (Lipinski definition) is 8. The van der Waals surface area contributed by atoms with E-state index in [9.17, 15) is 20.4 Å². The third-order valence-corrected chi connectivity index (χ3v) is 19.6. The fourth-order valence-corrected chi connectivity index (χ4v) is 15.8. The molecule has 0 amide bonds. The molecule has 374 valence electrons. The number of H-pyrrole nitrogens is 1. The van der Waals surface area contributed by atoms with Gasteiger partial charge in [-0.2, -0.15) is 0 Å². The highest BCUT2D eigenvalue weighted by Gasteiger charge is 2.58. The number of nitrogens with zero attached hydrogens (tertiary/aromatic N) is 2. The van der Waals surface area contributed by atoms with Crippen molar-refractivity contribution < 1.29 is 25.2 Å². The Balaban J connectivity index is 1.09. The number of ketones is 1. The standard InChI is InChI=1S/C59H66N6O5S2/c1-3-8-41-15-19-51(71-41)52-20-21-53(72-52)56(69)47-18-14-37-28-59(47)29-45(46(30-59)50(68)32-66)35-13-16-42-38(24-48(37)64-57(60)63-39-11-5-4-6-12-39)25-49(67)43-17-22-54(65-55(42)43)58(2,70)27-36-10-7-9-34(23-35)44(36)26-40-31-61-33-62-40/h7,9-10,15,17,19-22,25,31,33,35,37,39,45-48,50,54,65-68,70H,4-6,11-12,14,18,23-24,26-30,32H2,1-2H3,(H,61,62)(H3,60,63,64). The first-order valence-corrected chi connectivity index (χ1v) is 27.7. The number of aromatic nitrogens is 2. The van der Waals surface area contributed by atoms with Crippen molar-refractivity contribution in [2.24, 2.45) is 45.7 Å². The van der Waals surface area contributed by atoms with Crippen LogP contribution in [0.25, 0.3) is 15.8 Å². The quantitative estimate of drug-likeness (QED) is 0.0309. The first kappa shape index (κ1) is 48.6. The van der Waals surface area contributed by atoms with E-state index in [2.05, 4.69) is 74.6 Å². The molecule has 10 unspecified atom stereocenters. The number of phenols is 1. The van der Waals surface area contributed by atoms with Gasteiger partial charge in [0.05, 0.1) is 57.7 Å². The molecule has 4 aliphatic carbocycles. The summed E-state index contributed by atoms with van der Waals surface area (Å²) in [6.45, 7) is 3.30. The number of benzene rings is 2. The van der Waals surface area contributed by atoms with E-state index in [0.29, 0.717) is 68.6 Å². The Morgan fingerprint density at radius 3 is 2.65 bits per heavy atom. The van der Waals surface area contributed by atoms with E-state index in [0.717, 1.165) is 85.1 Å². The maximum Gasteiger partial charge on any atom is 0.189 e. The van der Waals surface area contributed by atoms with Crippen LogP contribution in [0.2, 0.25) is 0 Å². The van der Waals surface area contributed by atoms with Crippen LogP contribution in [0.15, 0.2) is 72.1 Å². The number of carbonyl (C=O) groups is 1. The number of carbonyl (C=O) groups excluding carboxylic acids is 1. The molecule has 2 aromatic carbocycles. The number of aliphatic hydroxyl groups is 3. The number of guanidine groups is 1. The molecule has 9 bridgehead atoms. The molecule has 3 aromatic heterocycles. The fourth-order valence-electron chi connectivity index (χ4n) is 13.8. The highest BCUT2D eigenvalue weighted by molar-refractivity contribution is 7.23. The number of aliphatic imine (C=N–C) groups is 1. The largest absolute Gasteiger partial charge is 0.507 e. The molecular weight excluding hydrogens is 937 g/mol. The summed E-state index contributed by atoms with van der Waals surface area (Å²) in [7, 11) is 0. The van der Waals surface area contributed by atoms with Gasteiger partial charge in [0.1, 0.15) is 5.75 Å². The number of rotatable bonds is 9. The van der Waals surface area contributed by atoms with Crippen LogP contribution >= 0.6 is 22.7 Å². The van der Waals surface area contributed by atoms with Crippen LogP contribution < -0.4 is 16.4 Å². The average Bonchev–Trinajstić information content (AvgIpc) is 4.22. The summed E-state index contributed by atoms with van der Waals surface area (Å²) in [6.07, 6.45) is 17.1. The number of aliphatic hydroxyl groups excluding tert-OH is 2. The minimum Gasteiger partial charge on any atom is -0.507 e. The number of thiophene rings is 2. The number of hydrogen-bond acceptors (Lipinski definition) is 10. The van der Waals surface area contributed by atoms with Crippen LogP contribution in [0.5, 0.6) is 5.75 Å². The Bertz CT molecular complexity index is 3030. The summed E-state index contributed by atoms with van der Waals surface area (Å²) in [5.74, 6) is 13.2. The van der Waals surface area contributed by atoms with E-state index in [1.807, 2.05) is 50.4 Å². The van der Waals surface area contributed by atoms with Gasteiger partial charge in [-0.05, 0) is 147 Å². The van der Waals surface area contributed by atoms with E-state index < -0.39 is 29.8 Å². The highest BCUT2D eigenvalue weighted by Crippen LogP contribution is 2.62. The smallest absolute Gasteiger partial charge is 0.189 e. The minimum absolute atomic E-state index is 0.00694. The summed E-state index contributed by atoms with van der Waals surface area (Å²) in [4.78, 5) is 32.4. The normalized spacial score (nSPS) is 29.2. The van der Waals surface area contributed by atoms with Gasteiger partial charge in [-0.15, -0.1) is 28.6 Å². The molecule has 6 aliphatic rings. The topological polar surface area (TPSA) is 189 Å². The number of Topliss-reactive ketones (excluding diaryl/α,β-unsaturated/α-hetero) is 1. The molecule has 3 saturated carbocycles. The van der Waals surface area contributed by atoms with E-state index >= 15 is 4.79 Å². The molecule has 72 heavy (non-hydrogen) atoms. The summed E-state index contributed by atoms with van der Waals surface area (Å²) >= 11 is 3.18. The number of aromatic hydroxyl groups is 1. The average molecular weight is 1000 g/mol. The summed E-state index contributed by atoms with van der Waals surface area (Å²) in [5, 5.41) is 55.0. The number of aromatic amines is 1. The van der Waals surface area contributed by atoms with Crippen molar-refractivity contribution in [2.75, 3.05) is 11.9 Å². The fraction of sp³-hybridized carbons (Fsp3) is 0.475. The molecule has 0 saturated heterocycles. The van der Waals surface area contributed by atoms with Crippen LogP contribution in [0, 0.1) is 58.7 Å². The van der Waals surface area contributed by atoms with Crippen molar-refractivity contribution in [3.05, 3.63) is 116 Å².